The summed E-state index contributed by atoms with van der Waals surface area (Å²) in [5.74, 6) is -4.17. The average Bonchev–Trinajstić information content (AvgIpc) is 3.49. The topological polar surface area (TPSA) is 107 Å². The molecular weight excluding hydrogens is 552 g/mol. The standard InChI is InChI=1S/C29H31BrN2O6/c1-4-12-31(20-13-16(2)10-11-17(20)3)27(35)25-29-14-19(30)24(38-29)22(28(36)37)23(29)26(34)32(25)21(15-33)18-8-6-5-7-9-18/h4-11,13,19,21-25,33H,1,12,14-15H2,2-3H3,(H,36,37)/t19?,21-,22+,23+,24+,25?,29?/m1/s1. The zero-order valence-corrected chi connectivity index (χ0v) is 22.9. The van der Waals surface area contributed by atoms with Crippen LogP contribution in [-0.2, 0) is 19.1 Å². The number of carbonyl (C=O) groups excluding carboxylic acids is 2. The summed E-state index contributed by atoms with van der Waals surface area (Å²) < 4.78 is 6.41. The van der Waals surface area contributed by atoms with Crippen molar-refractivity contribution in [2.45, 2.75) is 48.9 Å². The minimum absolute atomic E-state index is 0.182. The molecule has 5 rings (SSSR count). The van der Waals surface area contributed by atoms with Crippen LogP contribution in [-0.4, -0.2) is 68.6 Å². The lowest BCUT2D eigenvalue weighted by Gasteiger charge is -2.39. The van der Waals surface area contributed by atoms with Crippen molar-refractivity contribution in [1.82, 2.24) is 4.90 Å². The van der Waals surface area contributed by atoms with E-state index in [2.05, 4.69) is 22.5 Å². The van der Waals surface area contributed by atoms with E-state index >= 15 is 0 Å². The number of hydrogen-bond donors (Lipinski definition) is 2. The van der Waals surface area contributed by atoms with Gasteiger partial charge in [-0.15, -0.1) is 6.58 Å². The van der Waals surface area contributed by atoms with E-state index in [0.29, 0.717) is 17.7 Å². The van der Waals surface area contributed by atoms with Crippen molar-refractivity contribution in [3.8, 4) is 0 Å². The van der Waals surface area contributed by atoms with Crippen LogP contribution in [0.4, 0.5) is 5.69 Å². The molecule has 2 aromatic carbocycles. The van der Waals surface area contributed by atoms with E-state index in [1.165, 1.54) is 4.90 Å². The number of aryl methyl sites for hydroxylation is 2. The summed E-state index contributed by atoms with van der Waals surface area (Å²) in [4.78, 5) is 43.9. The molecule has 0 saturated carbocycles. The number of amides is 2. The summed E-state index contributed by atoms with van der Waals surface area (Å²) in [6.45, 7) is 7.43. The number of likely N-dealkylation sites (tertiary alicyclic amines) is 1. The Kier molecular flexibility index (Phi) is 6.96. The number of alkyl halides is 1. The third-order valence-electron chi connectivity index (χ3n) is 8.17. The van der Waals surface area contributed by atoms with Gasteiger partial charge in [-0.3, -0.25) is 14.4 Å². The molecule has 8 nitrogen and oxygen atoms in total. The van der Waals surface area contributed by atoms with Gasteiger partial charge < -0.3 is 24.7 Å². The summed E-state index contributed by atoms with van der Waals surface area (Å²) in [6.07, 6.45) is 1.18. The minimum atomic E-state index is -1.35. The molecule has 0 aromatic heterocycles. The Morgan fingerprint density at radius 3 is 2.61 bits per heavy atom. The van der Waals surface area contributed by atoms with Crippen molar-refractivity contribution >= 4 is 39.4 Å². The van der Waals surface area contributed by atoms with Crippen LogP contribution in [0.15, 0.2) is 61.2 Å². The zero-order valence-electron chi connectivity index (χ0n) is 21.3. The number of aliphatic hydroxyl groups is 1. The number of nitrogens with zero attached hydrogens (tertiary/aromatic N) is 2. The van der Waals surface area contributed by atoms with Crippen molar-refractivity contribution in [2.24, 2.45) is 11.8 Å². The predicted molar refractivity (Wildman–Crippen MR) is 145 cm³/mol. The van der Waals surface area contributed by atoms with Gasteiger partial charge in [-0.05, 0) is 43.0 Å². The Morgan fingerprint density at radius 1 is 1.26 bits per heavy atom. The van der Waals surface area contributed by atoms with Gasteiger partial charge in [0.2, 0.25) is 5.91 Å². The van der Waals surface area contributed by atoms with Crippen LogP contribution in [0.1, 0.15) is 29.2 Å². The van der Waals surface area contributed by atoms with E-state index < -0.39 is 60.0 Å². The number of benzene rings is 2. The quantitative estimate of drug-likeness (QED) is 0.365. The molecule has 9 heteroatoms. The van der Waals surface area contributed by atoms with Gasteiger partial charge in [-0.1, -0.05) is 64.5 Å². The van der Waals surface area contributed by atoms with Crippen LogP contribution in [0.2, 0.25) is 0 Å². The first-order valence-corrected chi connectivity index (χ1v) is 13.6. The molecule has 0 aliphatic carbocycles. The summed E-state index contributed by atoms with van der Waals surface area (Å²) in [5, 5.41) is 20.7. The Bertz CT molecular complexity index is 1290. The number of aliphatic carboxylic acids is 1. The van der Waals surface area contributed by atoms with Crippen LogP contribution in [0.5, 0.6) is 0 Å². The zero-order chi connectivity index (χ0) is 27.4. The highest BCUT2D eigenvalue weighted by Crippen LogP contribution is 2.61. The van der Waals surface area contributed by atoms with Crippen LogP contribution >= 0.6 is 15.9 Å². The molecule has 2 amide bonds. The van der Waals surface area contributed by atoms with Gasteiger partial charge >= 0.3 is 5.97 Å². The van der Waals surface area contributed by atoms with Crippen LogP contribution in [0.25, 0.3) is 0 Å². The van der Waals surface area contributed by atoms with Crippen molar-refractivity contribution in [1.29, 1.82) is 0 Å². The predicted octanol–water partition coefficient (Wildman–Crippen LogP) is 3.39. The number of fused-ring (bicyclic) bond motifs is 1. The summed E-state index contributed by atoms with van der Waals surface area (Å²) >= 11 is 3.58. The number of carboxylic acids is 1. The Morgan fingerprint density at radius 2 is 1.97 bits per heavy atom. The molecule has 200 valence electrons. The molecule has 3 saturated heterocycles. The van der Waals surface area contributed by atoms with E-state index in [0.717, 1.165) is 11.1 Å². The van der Waals surface area contributed by atoms with E-state index in [4.69, 9.17) is 4.74 Å². The third kappa shape index (κ3) is 3.90. The minimum Gasteiger partial charge on any atom is -0.481 e. The number of rotatable bonds is 8. The number of halogens is 1. The molecular formula is C29H31BrN2O6. The number of aliphatic hydroxyl groups excluding tert-OH is 1. The van der Waals surface area contributed by atoms with Crippen LogP contribution < -0.4 is 4.90 Å². The Hall–Kier alpha value is -3.01. The van der Waals surface area contributed by atoms with Gasteiger partial charge in [0.25, 0.3) is 5.91 Å². The van der Waals surface area contributed by atoms with Gasteiger partial charge in [0.15, 0.2) is 0 Å². The van der Waals surface area contributed by atoms with Crippen LogP contribution in [0.3, 0.4) is 0 Å². The van der Waals surface area contributed by atoms with Gasteiger partial charge in [0, 0.05) is 17.1 Å². The lowest BCUT2D eigenvalue weighted by molar-refractivity contribution is -0.151. The average molecular weight is 583 g/mol. The van der Waals surface area contributed by atoms with Gasteiger partial charge in [0.05, 0.1) is 30.6 Å². The molecule has 38 heavy (non-hydrogen) atoms. The molecule has 0 radical (unpaired) electrons. The molecule has 3 unspecified atom stereocenters. The van der Waals surface area contributed by atoms with Crippen molar-refractivity contribution in [2.75, 3.05) is 18.1 Å². The maximum atomic E-state index is 14.7. The smallest absolute Gasteiger partial charge is 0.310 e. The Balaban J connectivity index is 1.69. The first-order chi connectivity index (χ1) is 18.2. The van der Waals surface area contributed by atoms with Crippen molar-refractivity contribution in [3.05, 3.63) is 77.9 Å². The third-order valence-corrected chi connectivity index (χ3v) is 9.02. The lowest BCUT2D eigenvalue weighted by Crippen LogP contribution is -2.57. The molecule has 3 heterocycles. The normalized spacial score (nSPS) is 30.3. The van der Waals surface area contributed by atoms with E-state index in [1.807, 2.05) is 38.1 Å². The van der Waals surface area contributed by atoms with E-state index in [9.17, 15) is 24.6 Å². The molecule has 3 aliphatic heterocycles. The second-order valence-corrected chi connectivity index (χ2v) is 11.6. The number of ether oxygens (including phenoxy) is 1. The second kappa shape index (κ2) is 9.94. The monoisotopic (exact) mass is 582 g/mol. The van der Waals surface area contributed by atoms with Gasteiger partial charge in [-0.25, -0.2) is 0 Å². The molecule has 3 aliphatic rings. The highest BCUT2D eigenvalue weighted by Gasteiger charge is 2.77. The second-order valence-electron chi connectivity index (χ2n) is 10.4. The number of carbonyl (C=O) groups is 3. The maximum absolute atomic E-state index is 14.7. The van der Waals surface area contributed by atoms with E-state index in [1.54, 1.807) is 35.2 Å². The van der Waals surface area contributed by atoms with Crippen LogP contribution in [0, 0.1) is 25.7 Å². The molecule has 2 N–H and O–H groups in total. The Labute approximate surface area is 230 Å². The first kappa shape index (κ1) is 26.6. The summed E-state index contributed by atoms with van der Waals surface area (Å²) in [5.41, 5.74) is 1.81. The molecule has 2 bridgehead atoms. The molecule has 3 fully saturated rings. The highest BCUT2D eigenvalue weighted by molar-refractivity contribution is 9.09. The first-order valence-electron chi connectivity index (χ1n) is 12.7. The summed E-state index contributed by atoms with van der Waals surface area (Å²) in [7, 11) is 0. The molecule has 2 aromatic rings. The van der Waals surface area contributed by atoms with E-state index in [-0.39, 0.29) is 11.4 Å². The van der Waals surface area contributed by atoms with Crippen molar-refractivity contribution < 1.29 is 29.3 Å². The fourth-order valence-corrected chi connectivity index (χ4v) is 7.53. The number of anilines is 1. The number of hydrogen-bond acceptors (Lipinski definition) is 5. The molecule has 7 atom stereocenters. The largest absolute Gasteiger partial charge is 0.481 e. The SMILES string of the molecule is C=CCN(C(=O)C1N([C@H](CO)c2ccccc2)C(=O)[C@@H]2[C@H](C(=O)O)[C@H]3OC12CC3Br)c1cc(C)ccc1C. The summed E-state index contributed by atoms with van der Waals surface area (Å²) in [6, 6.07) is 12.8. The van der Waals surface area contributed by atoms with Gasteiger partial charge in [0.1, 0.15) is 11.6 Å². The fraction of sp³-hybridized carbons (Fsp3) is 0.414. The fourth-order valence-electron chi connectivity index (χ4n) is 6.59. The lowest BCUT2D eigenvalue weighted by atomic mass is 9.70. The highest BCUT2D eigenvalue weighted by atomic mass is 79.9. The maximum Gasteiger partial charge on any atom is 0.310 e. The molecule has 1 spiro atoms. The van der Waals surface area contributed by atoms with Crippen molar-refractivity contribution in [3.63, 3.8) is 0 Å². The number of carboxylic acid groups (broad SMARTS) is 1. The van der Waals surface area contributed by atoms with Gasteiger partial charge in [-0.2, -0.15) is 0 Å².